The molecule has 1 aromatic rings. The lowest BCUT2D eigenvalue weighted by atomic mass is 9.83. The zero-order valence-electron chi connectivity index (χ0n) is 8.86. The molecular weight excluding hydrogens is 190 g/mol. The number of hydrogen-bond donors (Lipinski definition) is 1. The second-order valence-corrected chi connectivity index (χ2v) is 4.33. The lowest BCUT2D eigenvalue weighted by Gasteiger charge is -2.23. The van der Waals surface area contributed by atoms with Crippen molar-refractivity contribution in [3.8, 4) is 6.07 Å². The smallest absolute Gasteiger partial charge is 0.229 e. The lowest BCUT2D eigenvalue weighted by Crippen LogP contribution is -2.11. The Morgan fingerprint density at radius 1 is 1.40 bits per heavy atom. The molecule has 0 aliphatic heterocycles. The second kappa shape index (κ2) is 3.93. The average Bonchev–Trinajstić information content (AvgIpc) is 2.61. The van der Waals surface area contributed by atoms with Crippen molar-refractivity contribution < 1.29 is 4.42 Å². The van der Waals surface area contributed by atoms with Crippen molar-refractivity contribution >= 4 is 5.88 Å². The van der Waals surface area contributed by atoms with Gasteiger partial charge in [0.15, 0.2) is 0 Å². The van der Waals surface area contributed by atoms with E-state index in [4.69, 9.17) is 15.4 Å². The van der Waals surface area contributed by atoms with Crippen LogP contribution in [0.15, 0.2) is 4.42 Å². The maximum atomic E-state index is 8.72. The number of aromatic nitrogens is 1. The van der Waals surface area contributed by atoms with Crippen LogP contribution in [-0.2, 0) is 0 Å². The minimum absolute atomic E-state index is 0.158. The molecule has 1 aromatic heterocycles. The zero-order chi connectivity index (χ0) is 10.8. The number of nitrogens with two attached hydrogens (primary N) is 1. The van der Waals surface area contributed by atoms with Gasteiger partial charge in [0.2, 0.25) is 17.5 Å². The highest BCUT2D eigenvalue weighted by Crippen LogP contribution is 2.35. The molecule has 0 spiro atoms. The summed E-state index contributed by atoms with van der Waals surface area (Å²) in [6, 6.07) is 1.93. The quantitative estimate of drug-likeness (QED) is 0.763. The van der Waals surface area contributed by atoms with Gasteiger partial charge in [-0.2, -0.15) is 5.26 Å². The molecule has 0 radical (unpaired) electrons. The molecule has 80 valence electrons. The van der Waals surface area contributed by atoms with Crippen LogP contribution in [0.4, 0.5) is 5.88 Å². The molecule has 0 saturated heterocycles. The first-order valence-corrected chi connectivity index (χ1v) is 5.37. The van der Waals surface area contributed by atoms with E-state index in [1.807, 2.05) is 6.07 Å². The number of nitriles is 1. The molecule has 2 N–H and O–H groups in total. The number of nitrogens with zero attached hydrogens (tertiary/aromatic N) is 2. The van der Waals surface area contributed by atoms with Gasteiger partial charge in [0.1, 0.15) is 6.07 Å². The standard InChI is InChI=1S/C11H15N3O/c1-7-2-4-8(5-3-7)11-14-9(6-12)10(13)15-11/h7-8H,2-5,13H2,1H3. The molecule has 0 aromatic carbocycles. The van der Waals surface area contributed by atoms with Crippen molar-refractivity contribution in [2.45, 2.75) is 38.5 Å². The number of oxazole rings is 1. The van der Waals surface area contributed by atoms with Gasteiger partial charge in [-0.3, -0.25) is 0 Å². The summed E-state index contributed by atoms with van der Waals surface area (Å²) in [7, 11) is 0. The summed E-state index contributed by atoms with van der Waals surface area (Å²) in [4.78, 5) is 4.12. The highest BCUT2D eigenvalue weighted by Gasteiger charge is 2.24. The number of rotatable bonds is 1. The van der Waals surface area contributed by atoms with E-state index in [9.17, 15) is 0 Å². The predicted molar refractivity (Wildman–Crippen MR) is 56.0 cm³/mol. The van der Waals surface area contributed by atoms with Crippen LogP contribution >= 0.6 is 0 Å². The minimum Gasteiger partial charge on any atom is -0.424 e. The van der Waals surface area contributed by atoms with Gasteiger partial charge in [-0.1, -0.05) is 6.92 Å². The lowest BCUT2D eigenvalue weighted by molar-refractivity contribution is 0.310. The average molecular weight is 205 g/mol. The molecule has 0 bridgehead atoms. The van der Waals surface area contributed by atoms with Gasteiger partial charge in [0, 0.05) is 5.92 Å². The summed E-state index contributed by atoms with van der Waals surface area (Å²) >= 11 is 0. The van der Waals surface area contributed by atoms with Gasteiger partial charge < -0.3 is 10.2 Å². The fraction of sp³-hybridized carbons (Fsp3) is 0.636. The van der Waals surface area contributed by atoms with Crippen molar-refractivity contribution in [3.63, 3.8) is 0 Å². The molecule has 0 amide bonds. The summed E-state index contributed by atoms with van der Waals surface area (Å²) < 4.78 is 5.32. The Bertz CT molecular complexity index is 383. The molecule has 1 fully saturated rings. The molecule has 1 saturated carbocycles. The molecular formula is C11H15N3O. The fourth-order valence-corrected chi connectivity index (χ4v) is 2.11. The SMILES string of the molecule is CC1CCC(c2nc(C#N)c(N)o2)CC1. The van der Waals surface area contributed by atoms with E-state index in [0.29, 0.717) is 11.8 Å². The normalized spacial score (nSPS) is 26.1. The van der Waals surface area contributed by atoms with Crippen LogP contribution in [0.5, 0.6) is 0 Å². The van der Waals surface area contributed by atoms with Gasteiger partial charge in [0.05, 0.1) is 0 Å². The Morgan fingerprint density at radius 2 is 2.07 bits per heavy atom. The summed E-state index contributed by atoms with van der Waals surface area (Å²) in [6.45, 7) is 2.26. The first-order chi connectivity index (χ1) is 7.20. The largest absolute Gasteiger partial charge is 0.424 e. The van der Waals surface area contributed by atoms with Crippen molar-refractivity contribution in [2.24, 2.45) is 5.92 Å². The van der Waals surface area contributed by atoms with Crippen LogP contribution in [-0.4, -0.2) is 4.98 Å². The summed E-state index contributed by atoms with van der Waals surface area (Å²) in [5, 5.41) is 8.72. The van der Waals surface area contributed by atoms with Crippen LogP contribution in [0.1, 0.15) is 50.1 Å². The maximum absolute atomic E-state index is 8.72. The zero-order valence-corrected chi connectivity index (χ0v) is 8.86. The molecule has 15 heavy (non-hydrogen) atoms. The molecule has 2 rings (SSSR count). The molecule has 4 heteroatoms. The van der Waals surface area contributed by atoms with E-state index in [1.165, 1.54) is 12.8 Å². The Balaban J connectivity index is 2.13. The molecule has 0 atom stereocenters. The van der Waals surface area contributed by atoms with Crippen molar-refractivity contribution in [3.05, 3.63) is 11.6 Å². The topological polar surface area (TPSA) is 75.8 Å². The van der Waals surface area contributed by atoms with Crippen molar-refractivity contribution in [1.82, 2.24) is 4.98 Å². The predicted octanol–water partition coefficient (Wildman–Crippen LogP) is 2.42. The van der Waals surface area contributed by atoms with Gasteiger partial charge in [-0.25, -0.2) is 4.98 Å². The molecule has 1 aliphatic rings. The third-order valence-electron chi connectivity index (χ3n) is 3.14. The molecule has 0 unspecified atom stereocenters. The van der Waals surface area contributed by atoms with E-state index in [1.54, 1.807) is 0 Å². The summed E-state index contributed by atoms with van der Waals surface area (Å²) in [5.41, 5.74) is 5.76. The third kappa shape index (κ3) is 1.96. The summed E-state index contributed by atoms with van der Waals surface area (Å²) in [5.74, 6) is 1.96. The fourth-order valence-electron chi connectivity index (χ4n) is 2.11. The number of nitrogen functional groups attached to an aromatic ring is 1. The van der Waals surface area contributed by atoms with E-state index in [-0.39, 0.29) is 11.6 Å². The van der Waals surface area contributed by atoms with Crippen LogP contribution in [0.2, 0.25) is 0 Å². The highest BCUT2D eigenvalue weighted by atomic mass is 16.4. The molecule has 1 aliphatic carbocycles. The molecule has 4 nitrogen and oxygen atoms in total. The Morgan fingerprint density at radius 3 is 2.60 bits per heavy atom. The van der Waals surface area contributed by atoms with E-state index in [2.05, 4.69) is 11.9 Å². The Hall–Kier alpha value is -1.50. The van der Waals surface area contributed by atoms with Crippen molar-refractivity contribution in [2.75, 3.05) is 5.73 Å². The first-order valence-electron chi connectivity index (χ1n) is 5.37. The minimum atomic E-state index is 0.158. The number of hydrogen-bond acceptors (Lipinski definition) is 4. The number of anilines is 1. The van der Waals surface area contributed by atoms with Gasteiger partial charge in [-0.05, 0) is 31.6 Å². The van der Waals surface area contributed by atoms with E-state index in [0.717, 1.165) is 18.8 Å². The highest BCUT2D eigenvalue weighted by molar-refractivity contribution is 5.40. The van der Waals surface area contributed by atoms with Gasteiger partial charge in [0.25, 0.3) is 0 Å². The van der Waals surface area contributed by atoms with Crippen LogP contribution in [0.25, 0.3) is 0 Å². The summed E-state index contributed by atoms with van der Waals surface area (Å²) in [6.07, 6.45) is 4.58. The Kier molecular flexibility index (Phi) is 2.63. The van der Waals surface area contributed by atoms with Crippen molar-refractivity contribution in [1.29, 1.82) is 5.26 Å². The molecule has 1 heterocycles. The van der Waals surface area contributed by atoms with E-state index >= 15 is 0 Å². The second-order valence-electron chi connectivity index (χ2n) is 4.33. The van der Waals surface area contributed by atoms with E-state index < -0.39 is 0 Å². The van der Waals surface area contributed by atoms with Crippen LogP contribution < -0.4 is 5.73 Å². The Labute approximate surface area is 89.1 Å². The van der Waals surface area contributed by atoms with Gasteiger partial charge in [-0.15, -0.1) is 0 Å². The monoisotopic (exact) mass is 205 g/mol. The van der Waals surface area contributed by atoms with Gasteiger partial charge >= 0.3 is 0 Å². The third-order valence-corrected chi connectivity index (χ3v) is 3.14. The van der Waals surface area contributed by atoms with Crippen LogP contribution in [0, 0.1) is 17.2 Å². The maximum Gasteiger partial charge on any atom is 0.229 e. The first kappa shape index (κ1) is 10.0. The van der Waals surface area contributed by atoms with Crippen LogP contribution in [0.3, 0.4) is 0 Å².